The second-order valence-corrected chi connectivity index (χ2v) is 9.63. The molecule has 0 unspecified atom stereocenters. The van der Waals surface area contributed by atoms with Crippen LogP contribution >= 0.6 is 11.6 Å². The van der Waals surface area contributed by atoms with Gasteiger partial charge in [0.2, 0.25) is 0 Å². The van der Waals surface area contributed by atoms with E-state index in [1.807, 2.05) is 25.1 Å². The summed E-state index contributed by atoms with van der Waals surface area (Å²) in [6.07, 6.45) is -4.88. The number of carbonyl (C=O) groups is 1. The molecule has 0 bridgehead atoms. The first-order valence-electron chi connectivity index (χ1n) is 12.1. The molecule has 0 atom stereocenters. The SMILES string of the molecule is Cc1ccc(-c2nn(C/C(N)=C3\CCC(=O)CC3=NCc3ccccc3Cl)c(=O)n2CCC(F)(F)F)cc1. The molecule has 7 nitrogen and oxygen atoms in total. The molecule has 3 aromatic rings. The number of alkyl halides is 3. The number of ketones is 1. The van der Waals surface area contributed by atoms with E-state index in [1.165, 1.54) is 0 Å². The second-order valence-electron chi connectivity index (χ2n) is 9.22. The van der Waals surface area contributed by atoms with Crippen molar-refractivity contribution in [3.05, 3.63) is 86.4 Å². The van der Waals surface area contributed by atoms with Crippen LogP contribution in [0.5, 0.6) is 0 Å². The van der Waals surface area contributed by atoms with Crippen molar-refractivity contribution >= 4 is 23.1 Å². The quantitative estimate of drug-likeness (QED) is 0.439. The molecular formula is C27H27ClF3N5O2. The van der Waals surface area contributed by atoms with Gasteiger partial charge in [-0.2, -0.15) is 13.2 Å². The summed E-state index contributed by atoms with van der Waals surface area (Å²) in [6, 6.07) is 14.2. The Hall–Kier alpha value is -3.66. The number of hydrogen-bond acceptors (Lipinski definition) is 5. The van der Waals surface area contributed by atoms with Gasteiger partial charge in [-0.05, 0) is 30.5 Å². The molecule has 1 fully saturated rings. The minimum atomic E-state index is -4.44. The highest BCUT2D eigenvalue weighted by Crippen LogP contribution is 2.25. The van der Waals surface area contributed by atoms with Crippen molar-refractivity contribution in [2.75, 3.05) is 0 Å². The number of nitrogens with zero attached hydrogens (tertiary/aromatic N) is 4. The summed E-state index contributed by atoms with van der Waals surface area (Å²) in [4.78, 5) is 29.9. The highest BCUT2D eigenvalue weighted by Gasteiger charge is 2.29. The van der Waals surface area contributed by atoms with Gasteiger partial charge in [-0.25, -0.2) is 9.48 Å². The zero-order valence-electron chi connectivity index (χ0n) is 20.8. The first-order valence-corrected chi connectivity index (χ1v) is 12.5. The number of aliphatic imine (C=N–C) groups is 1. The number of Topliss-reactive ketones (excluding diaryl/α,β-unsaturated/α-hetero) is 1. The van der Waals surface area contributed by atoms with Gasteiger partial charge >= 0.3 is 11.9 Å². The predicted molar refractivity (Wildman–Crippen MR) is 140 cm³/mol. The van der Waals surface area contributed by atoms with Gasteiger partial charge in [-0.3, -0.25) is 14.4 Å². The molecule has 38 heavy (non-hydrogen) atoms. The van der Waals surface area contributed by atoms with E-state index in [4.69, 9.17) is 17.3 Å². The predicted octanol–water partition coefficient (Wildman–Crippen LogP) is 5.23. The van der Waals surface area contributed by atoms with Gasteiger partial charge in [0.25, 0.3) is 0 Å². The third kappa shape index (κ3) is 6.61. The molecule has 0 amide bonds. The molecule has 1 heterocycles. The molecule has 0 aliphatic heterocycles. The van der Waals surface area contributed by atoms with Crippen molar-refractivity contribution in [2.24, 2.45) is 10.7 Å². The molecule has 0 saturated heterocycles. The Labute approximate surface area is 222 Å². The van der Waals surface area contributed by atoms with E-state index < -0.39 is 24.8 Å². The molecule has 1 aromatic heterocycles. The van der Waals surface area contributed by atoms with Crippen LogP contribution in [0.1, 0.15) is 36.8 Å². The van der Waals surface area contributed by atoms with E-state index in [1.54, 1.807) is 30.3 Å². The van der Waals surface area contributed by atoms with Crippen LogP contribution in [0, 0.1) is 6.92 Å². The maximum absolute atomic E-state index is 13.2. The molecule has 0 radical (unpaired) electrons. The zero-order valence-corrected chi connectivity index (χ0v) is 21.5. The topological polar surface area (TPSA) is 95.3 Å². The van der Waals surface area contributed by atoms with E-state index in [0.717, 1.165) is 20.4 Å². The lowest BCUT2D eigenvalue weighted by molar-refractivity contribution is -0.136. The van der Waals surface area contributed by atoms with Crippen LogP contribution in [-0.4, -0.2) is 32.0 Å². The highest BCUT2D eigenvalue weighted by molar-refractivity contribution is 6.31. The van der Waals surface area contributed by atoms with Crippen molar-refractivity contribution in [3.8, 4) is 11.4 Å². The number of rotatable bonds is 7. The lowest BCUT2D eigenvalue weighted by Crippen LogP contribution is -2.30. The van der Waals surface area contributed by atoms with Gasteiger partial charge < -0.3 is 5.73 Å². The molecule has 4 rings (SSSR count). The van der Waals surface area contributed by atoms with Crippen LogP contribution in [0.4, 0.5) is 13.2 Å². The number of halogens is 4. The van der Waals surface area contributed by atoms with Crippen LogP contribution < -0.4 is 11.4 Å². The van der Waals surface area contributed by atoms with E-state index in [9.17, 15) is 22.8 Å². The Kier molecular flexibility index (Phi) is 8.20. The Bertz CT molecular complexity index is 1450. The van der Waals surface area contributed by atoms with Crippen molar-refractivity contribution in [2.45, 2.75) is 58.4 Å². The van der Waals surface area contributed by atoms with Crippen molar-refractivity contribution in [1.29, 1.82) is 0 Å². The summed E-state index contributed by atoms with van der Waals surface area (Å²) < 4.78 is 41.1. The Morgan fingerprint density at radius 3 is 2.50 bits per heavy atom. The third-order valence-electron chi connectivity index (χ3n) is 6.32. The number of nitrogens with two attached hydrogens (primary N) is 1. The van der Waals surface area contributed by atoms with Crippen molar-refractivity contribution in [1.82, 2.24) is 14.3 Å². The average Bonchev–Trinajstić information content (AvgIpc) is 3.17. The molecule has 11 heteroatoms. The fourth-order valence-electron chi connectivity index (χ4n) is 4.25. The number of carbonyl (C=O) groups excluding carboxylic acids is 1. The highest BCUT2D eigenvalue weighted by atomic mass is 35.5. The van der Waals surface area contributed by atoms with Gasteiger partial charge in [0.1, 0.15) is 5.78 Å². The maximum atomic E-state index is 13.2. The number of aromatic nitrogens is 3. The smallest absolute Gasteiger partial charge is 0.390 e. The fraction of sp³-hybridized carbons (Fsp3) is 0.333. The van der Waals surface area contributed by atoms with Gasteiger partial charge in [0.15, 0.2) is 5.82 Å². The molecule has 1 saturated carbocycles. The van der Waals surface area contributed by atoms with Crippen LogP contribution in [0.25, 0.3) is 11.4 Å². The third-order valence-corrected chi connectivity index (χ3v) is 6.69. The molecule has 2 aromatic carbocycles. The number of allylic oxidation sites excluding steroid dienone is 2. The summed E-state index contributed by atoms with van der Waals surface area (Å²) in [5.41, 5.74) is 9.43. The molecule has 200 valence electrons. The summed E-state index contributed by atoms with van der Waals surface area (Å²) in [6.45, 7) is 1.42. The fourth-order valence-corrected chi connectivity index (χ4v) is 4.45. The first-order chi connectivity index (χ1) is 18.0. The lowest BCUT2D eigenvalue weighted by atomic mass is 9.90. The van der Waals surface area contributed by atoms with E-state index in [-0.39, 0.29) is 43.2 Å². The second kappa shape index (κ2) is 11.4. The van der Waals surface area contributed by atoms with Crippen LogP contribution in [0.3, 0.4) is 0 Å². The van der Waals surface area contributed by atoms with E-state index in [2.05, 4.69) is 10.1 Å². The molecule has 1 aliphatic rings. The minimum absolute atomic E-state index is 0.0229. The van der Waals surface area contributed by atoms with Gasteiger partial charge in [-0.15, -0.1) is 5.10 Å². The lowest BCUT2D eigenvalue weighted by Gasteiger charge is -2.19. The average molecular weight is 546 g/mol. The Morgan fingerprint density at radius 1 is 1.11 bits per heavy atom. The van der Waals surface area contributed by atoms with Crippen LogP contribution in [0.15, 0.2) is 69.6 Å². The molecule has 0 spiro atoms. The van der Waals surface area contributed by atoms with E-state index in [0.29, 0.717) is 28.3 Å². The summed E-state index contributed by atoms with van der Waals surface area (Å²) in [7, 11) is 0. The van der Waals surface area contributed by atoms with Gasteiger partial charge in [0, 0.05) is 41.4 Å². The summed E-state index contributed by atoms with van der Waals surface area (Å²) in [5.74, 6) is 0.151. The molecule has 2 N–H and O–H groups in total. The summed E-state index contributed by atoms with van der Waals surface area (Å²) >= 11 is 6.23. The Morgan fingerprint density at radius 2 is 1.82 bits per heavy atom. The minimum Gasteiger partial charge on any atom is -0.400 e. The summed E-state index contributed by atoms with van der Waals surface area (Å²) in [5, 5.41) is 4.90. The monoisotopic (exact) mass is 545 g/mol. The number of aryl methyl sites for hydroxylation is 1. The van der Waals surface area contributed by atoms with Crippen LogP contribution in [0.2, 0.25) is 5.02 Å². The van der Waals surface area contributed by atoms with Gasteiger partial charge in [0.05, 0.1) is 19.5 Å². The largest absolute Gasteiger partial charge is 0.400 e. The van der Waals surface area contributed by atoms with Gasteiger partial charge in [-0.1, -0.05) is 59.6 Å². The molecule has 1 aliphatic carbocycles. The normalized spacial score (nSPS) is 16.8. The van der Waals surface area contributed by atoms with Crippen LogP contribution in [-0.2, 0) is 24.4 Å². The molecular weight excluding hydrogens is 519 g/mol. The van der Waals surface area contributed by atoms with E-state index >= 15 is 0 Å². The van der Waals surface area contributed by atoms with Crippen molar-refractivity contribution < 1.29 is 18.0 Å². The standard InChI is InChI=1S/C27H27ClF3N5O2/c1-17-6-8-18(9-7-17)25-34-36(26(38)35(25)13-12-27(29,30)31)16-23(32)21-11-10-20(37)14-24(21)33-15-19-4-2-3-5-22(19)28/h2-9H,10-16,32H2,1H3/b23-21-,33-24?. The zero-order chi connectivity index (χ0) is 27.4. The Balaban J connectivity index is 1.68. The maximum Gasteiger partial charge on any atom is 0.390 e. The number of benzene rings is 2. The van der Waals surface area contributed by atoms with Crippen molar-refractivity contribution in [3.63, 3.8) is 0 Å². The first kappa shape index (κ1) is 27.4. The number of hydrogen-bond donors (Lipinski definition) is 1.